The molecule has 0 atom stereocenters. The minimum atomic E-state index is -1.10. The number of carboxylic acids is 1. The van der Waals surface area contributed by atoms with Crippen LogP contribution in [0.1, 0.15) is 16.1 Å². The Labute approximate surface area is 125 Å². The molecule has 2 heterocycles. The highest BCUT2D eigenvalue weighted by atomic mass is 16.4. The zero-order valence-electron chi connectivity index (χ0n) is 11.4. The molecule has 0 saturated heterocycles. The van der Waals surface area contributed by atoms with Crippen LogP contribution in [0.25, 0.3) is 10.9 Å². The summed E-state index contributed by atoms with van der Waals surface area (Å²) in [5.41, 5.74) is 1.15. The first-order chi connectivity index (χ1) is 10.6. The zero-order valence-corrected chi connectivity index (χ0v) is 11.4. The number of rotatable bonds is 4. The number of para-hydroxylation sites is 1. The first-order valence-electron chi connectivity index (χ1n) is 6.54. The van der Waals surface area contributed by atoms with E-state index in [1.807, 2.05) is 0 Å². The van der Waals surface area contributed by atoms with E-state index in [1.165, 1.54) is 18.6 Å². The number of amides is 1. The van der Waals surface area contributed by atoms with Crippen molar-refractivity contribution in [2.75, 3.05) is 5.32 Å². The normalized spacial score (nSPS) is 10.5. The van der Waals surface area contributed by atoms with E-state index in [0.29, 0.717) is 22.3 Å². The van der Waals surface area contributed by atoms with Crippen LogP contribution >= 0.6 is 0 Å². The van der Waals surface area contributed by atoms with Gasteiger partial charge >= 0.3 is 5.97 Å². The number of H-pyrrole nitrogens is 1. The summed E-state index contributed by atoms with van der Waals surface area (Å²) >= 11 is 0. The van der Waals surface area contributed by atoms with E-state index in [-0.39, 0.29) is 18.0 Å². The average molecular weight is 296 g/mol. The third-order valence-electron chi connectivity index (χ3n) is 3.20. The monoisotopic (exact) mass is 296 g/mol. The van der Waals surface area contributed by atoms with Gasteiger partial charge in [0, 0.05) is 28.9 Å². The second-order valence-corrected chi connectivity index (χ2v) is 4.64. The van der Waals surface area contributed by atoms with Gasteiger partial charge in [0.15, 0.2) is 5.82 Å². The molecule has 0 bridgehead atoms. The predicted octanol–water partition coefficient (Wildman–Crippen LogP) is 1.84. The molecule has 3 N–H and O–H groups in total. The van der Waals surface area contributed by atoms with Gasteiger partial charge in [-0.25, -0.2) is 9.78 Å². The fourth-order valence-electron chi connectivity index (χ4n) is 2.28. The number of nitrogens with zero attached hydrogens (tertiary/aromatic N) is 2. The second kappa shape index (κ2) is 5.65. The third kappa shape index (κ3) is 2.64. The van der Waals surface area contributed by atoms with Crippen molar-refractivity contribution in [3.8, 4) is 0 Å². The number of hydrogen-bond donors (Lipinski definition) is 3. The quantitative estimate of drug-likeness (QED) is 0.680. The fraction of sp³-hybridized carbons (Fsp3) is 0.0667. The molecule has 7 heteroatoms. The van der Waals surface area contributed by atoms with Crippen molar-refractivity contribution in [2.45, 2.75) is 6.42 Å². The molecule has 3 aromatic rings. The van der Waals surface area contributed by atoms with Gasteiger partial charge < -0.3 is 15.4 Å². The lowest BCUT2D eigenvalue weighted by atomic mass is 10.1. The number of benzene rings is 1. The van der Waals surface area contributed by atoms with E-state index in [2.05, 4.69) is 20.3 Å². The Kier molecular flexibility index (Phi) is 3.53. The van der Waals surface area contributed by atoms with Gasteiger partial charge in [0.2, 0.25) is 5.91 Å². The second-order valence-electron chi connectivity index (χ2n) is 4.64. The topological polar surface area (TPSA) is 108 Å². The van der Waals surface area contributed by atoms with Gasteiger partial charge in [0.05, 0.1) is 12.6 Å². The Hall–Kier alpha value is -3.22. The lowest BCUT2D eigenvalue weighted by Crippen LogP contribution is -2.17. The highest BCUT2D eigenvalue weighted by molar-refractivity contribution is 6.02. The van der Waals surface area contributed by atoms with E-state index in [9.17, 15) is 14.7 Å². The largest absolute Gasteiger partial charge is 0.477 e. The van der Waals surface area contributed by atoms with Crippen LogP contribution in [0.4, 0.5) is 5.82 Å². The molecule has 1 amide bonds. The van der Waals surface area contributed by atoms with E-state index in [4.69, 9.17) is 0 Å². The molecule has 0 aliphatic heterocycles. The van der Waals surface area contributed by atoms with Crippen molar-refractivity contribution < 1.29 is 14.7 Å². The first-order valence-corrected chi connectivity index (χ1v) is 6.54. The van der Waals surface area contributed by atoms with Gasteiger partial charge in [-0.3, -0.25) is 9.78 Å². The molecule has 0 unspecified atom stereocenters. The molecule has 3 rings (SSSR count). The molecular formula is C15H12N4O3. The van der Waals surface area contributed by atoms with Crippen LogP contribution in [0.2, 0.25) is 0 Å². The van der Waals surface area contributed by atoms with Gasteiger partial charge in [-0.2, -0.15) is 0 Å². The summed E-state index contributed by atoms with van der Waals surface area (Å²) in [6, 6.07) is 7.15. The first kappa shape index (κ1) is 13.7. The van der Waals surface area contributed by atoms with Crippen LogP contribution in [0.3, 0.4) is 0 Å². The Bertz CT molecular complexity index is 842. The maximum atomic E-state index is 12.1. The van der Waals surface area contributed by atoms with Crippen molar-refractivity contribution in [2.24, 2.45) is 0 Å². The summed E-state index contributed by atoms with van der Waals surface area (Å²) in [5.74, 6) is -1.13. The maximum absolute atomic E-state index is 12.1. The summed E-state index contributed by atoms with van der Waals surface area (Å²) in [5, 5.41) is 12.6. The Morgan fingerprint density at radius 2 is 2.05 bits per heavy atom. The SMILES string of the molecule is O=C(Cc1c(C(=O)O)[nH]c2ccccc12)Nc1cnccn1. The van der Waals surface area contributed by atoms with Crippen LogP contribution in [0.5, 0.6) is 0 Å². The Balaban J connectivity index is 1.91. The highest BCUT2D eigenvalue weighted by Crippen LogP contribution is 2.23. The molecule has 0 saturated carbocycles. The number of aromatic carboxylic acids is 1. The number of fused-ring (bicyclic) bond motifs is 1. The highest BCUT2D eigenvalue weighted by Gasteiger charge is 2.19. The van der Waals surface area contributed by atoms with Gasteiger partial charge in [-0.15, -0.1) is 0 Å². The van der Waals surface area contributed by atoms with Crippen LogP contribution in [-0.4, -0.2) is 31.9 Å². The number of aromatic nitrogens is 3. The molecule has 22 heavy (non-hydrogen) atoms. The molecule has 1 aromatic carbocycles. The van der Waals surface area contributed by atoms with Crippen LogP contribution in [-0.2, 0) is 11.2 Å². The summed E-state index contributed by atoms with van der Waals surface area (Å²) in [6.07, 6.45) is 4.31. The molecular weight excluding hydrogens is 284 g/mol. The number of carbonyl (C=O) groups is 2. The van der Waals surface area contributed by atoms with Gasteiger partial charge in [-0.05, 0) is 6.07 Å². The number of hydrogen-bond acceptors (Lipinski definition) is 4. The number of aromatic amines is 1. The smallest absolute Gasteiger partial charge is 0.352 e. The number of carbonyl (C=O) groups excluding carboxylic acids is 1. The van der Waals surface area contributed by atoms with Crippen molar-refractivity contribution in [1.29, 1.82) is 0 Å². The maximum Gasteiger partial charge on any atom is 0.352 e. The number of nitrogens with one attached hydrogen (secondary N) is 2. The molecule has 0 aliphatic rings. The van der Waals surface area contributed by atoms with Gasteiger partial charge in [0.25, 0.3) is 0 Å². The summed E-state index contributed by atoms with van der Waals surface area (Å²) < 4.78 is 0. The Morgan fingerprint density at radius 1 is 1.23 bits per heavy atom. The number of anilines is 1. The van der Waals surface area contributed by atoms with Crippen molar-refractivity contribution in [3.63, 3.8) is 0 Å². The molecule has 0 spiro atoms. The minimum absolute atomic E-state index is 0.0236. The summed E-state index contributed by atoms with van der Waals surface area (Å²) in [7, 11) is 0. The van der Waals surface area contributed by atoms with Crippen molar-refractivity contribution >= 4 is 28.6 Å². The van der Waals surface area contributed by atoms with E-state index < -0.39 is 5.97 Å². The standard InChI is InChI=1S/C15H12N4O3/c20-13(19-12-8-16-5-6-17-12)7-10-9-3-1-2-4-11(9)18-14(10)15(21)22/h1-6,8,18H,7H2,(H,21,22)(H,17,19,20). The Morgan fingerprint density at radius 3 is 2.77 bits per heavy atom. The summed E-state index contributed by atoms with van der Waals surface area (Å²) in [4.78, 5) is 34.1. The van der Waals surface area contributed by atoms with E-state index in [1.54, 1.807) is 24.3 Å². The van der Waals surface area contributed by atoms with Crippen LogP contribution < -0.4 is 5.32 Å². The lowest BCUT2D eigenvalue weighted by Gasteiger charge is -2.04. The molecule has 7 nitrogen and oxygen atoms in total. The van der Waals surface area contributed by atoms with E-state index >= 15 is 0 Å². The predicted molar refractivity (Wildman–Crippen MR) is 79.6 cm³/mol. The van der Waals surface area contributed by atoms with Crippen molar-refractivity contribution in [1.82, 2.24) is 15.0 Å². The average Bonchev–Trinajstić information content (AvgIpc) is 2.87. The molecule has 0 aliphatic carbocycles. The molecule has 110 valence electrons. The zero-order chi connectivity index (χ0) is 15.5. The fourth-order valence-corrected chi connectivity index (χ4v) is 2.28. The molecule has 0 radical (unpaired) electrons. The van der Waals surface area contributed by atoms with Gasteiger partial charge in [0.1, 0.15) is 5.69 Å². The van der Waals surface area contributed by atoms with Crippen molar-refractivity contribution in [3.05, 3.63) is 54.1 Å². The summed E-state index contributed by atoms with van der Waals surface area (Å²) in [6.45, 7) is 0. The lowest BCUT2D eigenvalue weighted by molar-refractivity contribution is -0.115. The minimum Gasteiger partial charge on any atom is -0.477 e. The number of carboxylic acid groups (broad SMARTS) is 1. The van der Waals surface area contributed by atoms with Crippen LogP contribution in [0.15, 0.2) is 42.9 Å². The third-order valence-corrected chi connectivity index (χ3v) is 3.20. The van der Waals surface area contributed by atoms with E-state index in [0.717, 1.165) is 0 Å². The molecule has 2 aromatic heterocycles. The van der Waals surface area contributed by atoms with Crippen LogP contribution in [0, 0.1) is 0 Å². The van der Waals surface area contributed by atoms with Gasteiger partial charge in [-0.1, -0.05) is 18.2 Å². The molecule has 0 fully saturated rings.